The number of hydrogen-bond donors (Lipinski definition) is 2. The molecule has 4 nitrogen and oxygen atoms in total. The van der Waals surface area contributed by atoms with E-state index < -0.39 is 0 Å². The van der Waals surface area contributed by atoms with E-state index in [4.69, 9.17) is 12.2 Å². The van der Waals surface area contributed by atoms with E-state index in [0.717, 1.165) is 21.6 Å². The van der Waals surface area contributed by atoms with Crippen LogP contribution >= 0.6 is 23.6 Å². The van der Waals surface area contributed by atoms with Gasteiger partial charge in [-0.15, -0.1) is 0 Å². The van der Waals surface area contributed by atoms with Crippen molar-refractivity contribution in [2.75, 3.05) is 10.6 Å². The second-order valence-corrected chi connectivity index (χ2v) is 6.86. The van der Waals surface area contributed by atoms with Crippen LogP contribution in [0.15, 0.2) is 53.3 Å². The van der Waals surface area contributed by atoms with Gasteiger partial charge in [0.15, 0.2) is 5.11 Å². The van der Waals surface area contributed by atoms with Gasteiger partial charge in [0.2, 0.25) is 0 Å². The largest absolute Gasteiger partial charge is 0.332 e. The Morgan fingerprint density at radius 3 is 2.48 bits per heavy atom. The van der Waals surface area contributed by atoms with E-state index in [9.17, 15) is 4.79 Å². The molecule has 1 aromatic heterocycles. The SMILES string of the molecule is CC(C)n1c(=O)sc2cc(NC(=S)Nc3ccccc3)ccc21. The van der Waals surface area contributed by atoms with Crippen molar-refractivity contribution in [1.29, 1.82) is 0 Å². The summed E-state index contributed by atoms with van der Waals surface area (Å²) in [4.78, 5) is 12.1. The number of hydrogen-bond acceptors (Lipinski definition) is 3. The fourth-order valence-electron chi connectivity index (χ4n) is 2.42. The third-order valence-corrected chi connectivity index (χ3v) is 4.54. The first-order valence-electron chi connectivity index (χ1n) is 7.33. The maximum Gasteiger partial charge on any atom is 0.308 e. The zero-order valence-corrected chi connectivity index (χ0v) is 14.5. The lowest BCUT2D eigenvalue weighted by atomic mass is 10.2. The molecule has 0 bridgehead atoms. The van der Waals surface area contributed by atoms with Crippen LogP contribution in [0.4, 0.5) is 11.4 Å². The van der Waals surface area contributed by atoms with Gasteiger partial charge in [0, 0.05) is 17.4 Å². The van der Waals surface area contributed by atoms with E-state index in [0.29, 0.717) is 5.11 Å². The number of aromatic nitrogens is 1. The van der Waals surface area contributed by atoms with Crippen molar-refractivity contribution in [2.24, 2.45) is 0 Å². The molecule has 0 saturated heterocycles. The molecule has 0 unspecified atom stereocenters. The van der Waals surface area contributed by atoms with Crippen LogP contribution < -0.4 is 15.5 Å². The van der Waals surface area contributed by atoms with Crippen molar-refractivity contribution >= 4 is 50.3 Å². The van der Waals surface area contributed by atoms with Crippen molar-refractivity contribution < 1.29 is 0 Å². The molecule has 1 heterocycles. The minimum Gasteiger partial charge on any atom is -0.332 e. The summed E-state index contributed by atoms with van der Waals surface area (Å²) in [6, 6.07) is 15.8. The van der Waals surface area contributed by atoms with Gasteiger partial charge in [-0.3, -0.25) is 9.36 Å². The second kappa shape index (κ2) is 6.52. The predicted octanol–water partition coefficient (Wildman–Crippen LogP) is 4.45. The molecule has 23 heavy (non-hydrogen) atoms. The number of para-hydroxylation sites is 1. The minimum atomic E-state index is 0.0668. The van der Waals surface area contributed by atoms with Crippen molar-refractivity contribution in [1.82, 2.24) is 4.57 Å². The van der Waals surface area contributed by atoms with E-state index >= 15 is 0 Å². The summed E-state index contributed by atoms with van der Waals surface area (Å²) in [5.74, 6) is 0. The van der Waals surface area contributed by atoms with Crippen LogP contribution in [0.25, 0.3) is 10.2 Å². The number of anilines is 2. The smallest absolute Gasteiger partial charge is 0.308 e. The Hall–Kier alpha value is -2.18. The summed E-state index contributed by atoms with van der Waals surface area (Å²) in [7, 11) is 0. The van der Waals surface area contributed by atoms with Crippen molar-refractivity contribution in [2.45, 2.75) is 19.9 Å². The first-order valence-corrected chi connectivity index (χ1v) is 8.55. The van der Waals surface area contributed by atoms with Gasteiger partial charge in [-0.1, -0.05) is 29.5 Å². The molecule has 0 spiro atoms. The number of thiocarbonyl (C=S) groups is 1. The minimum absolute atomic E-state index is 0.0668. The molecule has 0 aliphatic carbocycles. The van der Waals surface area contributed by atoms with E-state index in [1.807, 2.05) is 66.9 Å². The molecule has 3 aromatic rings. The third kappa shape index (κ3) is 3.43. The molecule has 0 saturated carbocycles. The zero-order valence-electron chi connectivity index (χ0n) is 12.9. The fourth-order valence-corrected chi connectivity index (χ4v) is 3.71. The highest BCUT2D eigenvalue weighted by Gasteiger charge is 2.11. The monoisotopic (exact) mass is 343 g/mol. The first kappa shape index (κ1) is 15.7. The molecule has 0 atom stereocenters. The van der Waals surface area contributed by atoms with E-state index in [1.54, 1.807) is 0 Å². The Morgan fingerprint density at radius 2 is 1.78 bits per heavy atom. The summed E-state index contributed by atoms with van der Waals surface area (Å²) >= 11 is 6.58. The van der Waals surface area contributed by atoms with E-state index in [2.05, 4.69) is 10.6 Å². The van der Waals surface area contributed by atoms with Gasteiger partial charge in [0.1, 0.15) is 0 Å². The van der Waals surface area contributed by atoms with Gasteiger partial charge < -0.3 is 10.6 Å². The molecule has 6 heteroatoms. The number of thiazole rings is 1. The van der Waals surface area contributed by atoms with E-state index in [1.165, 1.54) is 11.3 Å². The zero-order chi connectivity index (χ0) is 16.4. The summed E-state index contributed by atoms with van der Waals surface area (Å²) in [5.41, 5.74) is 2.76. The fraction of sp³-hybridized carbons (Fsp3) is 0.176. The summed E-state index contributed by atoms with van der Waals surface area (Å²) in [6.07, 6.45) is 0. The Bertz CT molecular complexity index is 897. The lowest BCUT2D eigenvalue weighted by molar-refractivity contribution is 0.611. The highest BCUT2D eigenvalue weighted by molar-refractivity contribution is 7.80. The van der Waals surface area contributed by atoms with Gasteiger partial charge in [0.05, 0.1) is 10.2 Å². The summed E-state index contributed by atoms with van der Waals surface area (Å²) < 4.78 is 2.76. The van der Waals surface area contributed by atoms with Crippen LogP contribution in [0.5, 0.6) is 0 Å². The molecule has 0 radical (unpaired) electrons. The van der Waals surface area contributed by atoms with Crippen molar-refractivity contribution in [3.05, 3.63) is 58.2 Å². The number of nitrogens with one attached hydrogen (secondary N) is 2. The van der Waals surface area contributed by atoms with Crippen LogP contribution in [-0.2, 0) is 0 Å². The van der Waals surface area contributed by atoms with E-state index in [-0.39, 0.29) is 10.9 Å². The molecule has 2 aromatic carbocycles. The lowest BCUT2D eigenvalue weighted by Gasteiger charge is -2.11. The third-order valence-electron chi connectivity index (χ3n) is 3.42. The average molecular weight is 343 g/mol. The van der Waals surface area contributed by atoms with Crippen LogP contribution in [0, 0.1) is 0 Å². The number of fused-ring (bicyclic) bond motifs is 1. The van der Waals surface area contributed by atoms with Crippen LogP contribution in [0.2, 0.25) is 0 Å². The highest BCUT2D eigenvalue weighted by Crippen LogP contribution is 2.24. The normalized spacial score (nSPS) is 10.9. The Labute approximate surface area is 143 Å². The Balaban J connectivity index is 1.81. The predicted molar refractivity (Wildman–Crippen MR) is 103 cm³/mol. The number of benzene rings is 2. The molecule has 2 N–H and O–H groups in total. The van der Waals surface area contributed by atoms with Gasteiger partial charge in [-0.2, -0.15) is 0 Å². The molecule has 0 aliphatic rings. The highest BCUT2D eigenvalue weighted by atomic mass is 32.1. The summed E-state index contributed by atoms with van der Waals surface area (Å²) in [5, 5.41) is 6.81. The number of rotatable bonds is 3. The maximum atomic E-state index is 12.1. The molecular weight excluding hydrogens is 326 g/mol. The average Bonchev–Trinajstić information content (AvgIpc) is 2.83. The van der Waals surface area contributed by atoms with Gasteiger partial charge >= 0.3 is 4.87 Å². The molecule has 3 rings (SSSR count). The Kier molecular flexibility index (Phi) is 4.45. The molecule has 0 fully saturated rings. The second-order valence-electron chi connectivity index (χ2n) is 5.46. The van der Waals surface area contributed by atoms with Gasteiger partial charge in [0.25, 0.3) is 0 Å². The van der Waals surface area contributed by atoms with Crippen molar-refractivity contribution in [3.63, 3.8) is 0 Å². The topological polar surface area (TPSA) is 46.1 Å². The Morgan fingerprint density at radius 1 is 1.09 bits per heavy atom. The van der Waals surface area contributed by atoms with Crippen LogP contribution in [0.3, 0.4) is 0 Å². The molecular formula is C17H17N3OS2. The van der Waals surface area contributed by atoms with Crippen LogP contribution in [-0.4, -0.2) is 9.68 Å². The number of nitrogens with zero attached hydrogens (tertiary/aromatic N) is 1. The molecule has 0 amide bonds. The standard InChI is InChI=1S/C17H17N3OS2/c1-11(2)20-14-9-8-13(10-15(14)23-17(20)21)19-16(22)18-12-6-4-3-5-7-12/h3-11H,1-2H3,(H2,18,19,22). The quantitative estimate of drug-likeness (QED) is 0.690. The first-order chi connectivity index (χ1) is 11.0. The maximum absolute atomic E-state index is 12.1. The van der Waals surface area contributed by atoms with Crippen LogP contribution in [0.1, 0.15) is 19.9 Å². The van der Waals surface area contributed by atoms with Gasteiger partial charge in [-0.25, -0.2) is 0 Å². The molecule has 118 valence electrons. The van der Waals surface area contributed by atoms with Crippen molar-refractivity contribution in [3.8, 4) is 0 Å². The lowest BCUT2D eigenvalue weighted by Crippen LogP contribution is -2.18. The summed E-state index contributed by atoms with van der Waals surface area (Å²) in [6.45, 7) is 4.03. The van der Waals surface area contributed by atoms with Gasteiger partial charge in [-0.05, 0) is 56.4 Å². The molecule has 0 aliphatic heterocycles.